The number of carbonyl (C=O) groups is 1. The summed E-state index contributed by atoms with van der Waals surface area (Å²) in [5.41, 5.74) is 6.60. The third kappa shape index (κ3) is 3.47. The van der Waals surface area contributed by atoms with Crippen LogP contribution in [0.1, 0.15) is 35.9 Å². The summed E-state index contributed by atoms with van der Waals surface area (Å²) < 4.78 is 0.729. The van der Waals surface area contributed by atoms with Crippen LogP contribution in [-0.2, 0) is 0 Å². The standard InChI is InChI=1S/C9H15BrN4O.ClH/c1-5(2)7-6(10)8(14-13-7)9(15)12-4-3-11;/h5H,3-4,11H2,1-2H3,(H,12,15)(H,13,14);1H. The molecule has 1 rings (SSSR count). The number of aromatic nitrogens is 2. The maximum absolute atomic E-state index is 11.6. The van der Waals surface area contributed by atoms with Gasteiger partial charge in [-0.15, -0.1) is 12.4 Å². The average Bonchev–Trinajstić information content (AvgIpc) is 2.56. The number of hydrogen-bond donors (Lipinski definition) is 3. The molecule has 1 amide bonds. The fourth-order valence-electron chi connectivity index (χ4n) is 1.14. The smallest absolute Gasteiger partial charge is 0.273 e. The SMILES string of the molecule is CC(C)c1[nH]nc(C(=O)NCCN)c1Br.Cl. The number of nitrogens with two attached hydrogens (primary N) is 1. The molecule has 0 bridgehead atoms. The van der Waals surface area contributed by atoms with E-state index in [4.69, 9.17) is 5.73 Å². The summed E-state index contributed by atoms with van der Waals surface area (Å²) in [5, 5.41) is 9.47. The molecule has 0 aromatic carbocycles. The Morgan fingerprint density at radius 1 is 1.62 bits per heavy atom. The fraction of sp³-hybridized carbons (Fsp3) is 0.556. The van der Waals surface area contributed by atoms with Crippen LogP contribution in [-0.4, -0.2) is 29.2 Å². The molecule has 0 aliphatic carbocycles. The van der Waals surface area contributed by atoms with Gasteiger partial charge in [-0.3, -0.25) is 9.89 Å². The molecule has 16 heavy (non-hydrogen) atoms. The Kier molecular flexibility index (Phi) is 6.62. The maximum atomic E-state index is 11.6. The Labute approximate surface area is 109 Å². The number of amides is 1. The Hall–Kier alpha value is -0.590. The second kappa shape index (κ2) is 6.88. The molecule has 1 heterocycles. The van der Waals surface area contributed by atoms with Crippen molar-refractivity contribution < 1.29 is 4.79 Å². The molecule has 0 aliphatic rings. The predicted octanol–water partition coefficient (Wildman–Crippen LogP) is 1.41. The lowest BCUT2D eigenvalue weighted by Crippen LogP contribution is -2.29. The summed E-state index contributed by atoms with van der Waals surface area (Å²) in [6.07, 6.45) is 0. The third-order valence-electron chi connectivity index (χ3n) is 1.95. The molecular formula is C9H16BrClN4O. The highest BCUT2D eigenvalue weighted by Crippen LogP contribution is 2.25. The van der Waals surface area contributed by atoms with Gasteiger partial charge in [-0.05, 0) is 21.8 Å². The van der Waals surface area contributed by atoms with Gasteiger partial charge < -0.3 is 11.1 Å². The Bertz CT molecular complexity index is 353. The zero-order chi connectivity index (χ0) is 11.4. The van der Waals surface area contributed by atoms with Crippen LogP contribution in [0.5, 0.6) is 0 Å². The molecule has 0 unspecified atom stereocenters. The van der Waals surface area contributed by atoms with Crippen LogP contribution in [0.15, 0.2) is 4.47 Å². The van der Waals surface area contributed by atoms with Crippen LogP contribution in [0, 0.1) is 0 Å². The highest BCUT2D eigenvalue weighted by Gasteiger charge is 2.18. The molecule has 1 aromatic heterocycles. The first-order valence-corrected chi connectivity index (χ1v) is 5.59. The van der Waals surface area contributed by atoms with Crippen molar-refractivity contribution >= 4 is 34.2 Å². The van der Waals surface area contributed by atoms with Gasteiger partial charge in [0.05, 0.1) is 10.2 Å². The molecule has 0 saturated carbocycles. The summed E-state index contributed by atoms with van der Waals surface area (Å²) in [6.45, 7) is 4.93. The second-order valence-corrected chi connectivity index (χ2v) is 4.29. The van der Waals surface area contributed by atoms with Gasteiger partial charge in [0, 0.05) is 13.1 Å². The summed E-state index contributed by atoms with van der Waals surface area (Å²) in [5.74, 6) is 0.0819. The summed E-state index contributed by atoms with van der Waals surface area (Å²) in [6, 6.07) is 0. The zero-order valence-electron chi connectivity index (χ0n) is 9.21. The molecule has 7 heteroatoms. The van der Waals surface area contributed by atoms with Gasteiger partial charge in [-0.2, -0.15) is 5.10 Å². The van der Waals surface area contributed by atoms with Crippen LogP contribution in [0.2, 0.25) is 0 Å². The van der Waals surface area contributed by atoms with Crippen molar-refractivity contribution in [1.82, 2.24) is 15.5 Å². The quantitative estimate of drug-likeness (QED) is 0.786. The van der Waals surface area contributed by atoms with E-state index in [0.29, 0.717) is 24.7 Å². The van der Waals surface area contributed by atoms with Crippen molar-refractivity contribution in [3.63, 3.8) is 0 Å². The van der Waals surface area contributed by atoms with Crippen LogP contribution >= 0.6 is 28.3 Å². The van der Waals surface area contributed by atoms with E-state index in [1.54, 1.807) is 0 Å². The lowest BCUT2D eigenvalue weighted by molar-refractivity contribution is 0.0949. The first-order chi connectivity index (χ1) is 7.07. The number of nitrogens with one attached hydrogen (secondary N) is 2. The van der Waals surface area contributed by atoms with Gasteiger partial charge in [-0.1, -0.05) is 13.8 Å². The number of carbonyl (C=O) groups excluding carboxylic acids is 1. The van der Waals surface area contributed by atoms with Crippen molar-refractivity contribution in [2.24, 2.45) is 5.73 Å². The second-order valence-electron chi connectivity index (χ2n) is 3.50. The van der Waals surface area contributed by atoms with Gasteiger partial charge in [0.1, 0.15) is 0 Å². The van der Waals surface area contributed by atoms with Crippen LogP contribution in [0.4, 0.5) is 0 Å². The molecular weight excluding hydrogens is 295 g/mol. The van der Waals surface area contributed by atoms with Crippen LogP contribution in [0.3, 0.4) is 0 Å². The minimum atomic E-state index is -0.213. The normalized spacial score (nSPS) is 10.1. The monoisotopic (exact) mass is 310 g/mol. The first-order valence-electron chi connectivity index (χ1n) is 4.80. The molecule has 0 spiro atoms. The van der Waals surface area contributed by atoms with Crippen LogP contribution < -0.4 is 11.1 Å². The molecule has 1 aromatic rings. The van der Waals surface area contributed by atoms with E-state index in [1.165, 1.54) is 0 Å². The lowest BCUT2D eigenvalue weighted by Gasteiger charge is -2.02. The number of halogens is 2. The number of aromatic amines is 1. The lowest BCUT2D eigenvalue weighted by atomic mass is 10.1. The van der Waals surface area contributed by atoms with E-state index in [-0.39, 0.29) is 18.3 Å². The van der Waals surface area contributed by atoms with E-state index >= 15 is 0 Å². The topological polar surface area (TPSA) is 83.8 Å². The largest absolute Gasteiger partial charge is 0.349 e. The van der Waals surface area contributed by atoms with E-state index in [2.05, 4.69) is 31.4 Å². The summed E-state index contributed by atoms with van der Waals surface area (Å²) in [4.78, 5) is 11.6. The van der Waals surface area contributed by atoms with Crippen molar-refractivity contribution in [1.29, 1.82) is 0 Å². The molecule has 4 N–H and O–H groups in total. The minimum Gasteiger partial charge on any atom is -0.349 e. The van der Waals surface area contributed by atoms with E-state index in [1.807, 2.05) is 13.8 Å². The van der Waals surface area contributed by atoms with E-state index < -0.39 is 0 Å². The van der Waals surface area contributed by atoms with Crippen molar-refractivity contribution in [2.75, 3.05) is 13.1 Å². The number of rotatable bonds is 4. The molecule has 5 nitrogen and oxygen atoms in total. The van der Waals surface area contributed by atoms with Crippen LogP contribution in [0.25, 0.3) is 0 Å². The molecule has 0 aliphatic heterocycles. The van der Waals surface area contributed by atoms with Crippen molar-refractivity contribution in [3.05, 3.63) is 15.9 Å². The van der Waals surface area contributed by atoms with Crippen molar-refractivity contribution in [2.45, 2.75) is 19.8 Å². The number of nitrogens with zero attached hydrogens (tertiary/aromatic N) is 1. The highest BCUT2D eigenvalue weighted by molar-refractivity contribution is 9.10. The molecule has 0 fully saturated rings. The van der Waals surface area contributed by atoms with E-state index in [0.717, 1.165) is 10.2 Å². The van der Waals surface area contributed by atoms with Gasteiger partial charge >= 0.3 is 0 Å². The summed E-state index contributed by atoms with van der Waals surface area (Å²) >= 11 is 3.36. The molecule has 0 radical (unpaired) electrons. The highest BCUT2D eigenvalue weighted by atomic mass is 79.9. The summed E-state index contributed by atoms with van der Waals surface area (Å²) in [7, 11) is 0. The fourth-order valence-corrected chi connectivity index (χ4v) is 1.96. The minimum absolute atomic E-state index is 0. The van der Waals surface area contributed by atoms with E-state index in [9.17, 15) is 4.79 Å². The average molecular weight is 312 g/mol. The van der Waals surface area contributed by atoms with Gasteiger partial charge in [-0.25, -0.2) is 0 Å². The third-order valence-corrected chi connectivity index (χ3v) is 2.76. The van der Waals surface area contributed by atoms with Crippen molar-refractivity contribution in [3.8, 4) is 0 Å². The van der Waals surface area contributed by atoms with Gasteiger partial charge in [0.2, 0.25) is 0 Å². The molecule has 92 valence electrons. The number of H-pyrrole nitrogens is 1. The maximum Gasteiger partial charge on any atom is 0.273 e. The molecule has 0 atom stereocenters. The zero-order valence-corrected chi connectivity index (χ0v) is 11.6. The Morgan fingerprint density at radius 2 is 2.25 bits per heavy atom. The Morgan fingerprint density at radius 3 is 2.69 bits per heavy atom. The molecule has 0 saturated heterocycles. The van der Waals surface area contributed by atoms with Gasteiger partial charge in [0.15, 0.2) is 5.69 Å². The number of hydrogen-bond acceptors (Lipinski definition) is 3. The predicted molar refractivity (Wildman–Crippen MR) is 69.0 cm³/mol. The first kappa shape index (κ1) is 15.4. The van der Waals surface area contributed by atoms with Gasteiger partial charge in [0.25, 0.3) is 5.91 Å². The Balaban J connectivity index is 0.00000225.